The van der Waals surface area contributed by atoms with Crippen molar-refractivity contribution >= 4 is 17.3 Å². The molecule has 2 aromatic heterocycles. The van der Waals surface area contributed by atoms with Crippen molar-refractivity contribution in [2.45, 2.75) is 20.8 Å². The monoisotopic (exact) mass is 222 g/mol. The Labute approximate surface area is 93.2 Å². The molecule has 2 N–H and O–H groups in total. The van der Waals surface area contributed by atoms with Gasteiger partial charge in [0.15, 0.2) is 0 Å². The summed E-state index contributed by atoms with van der Waals surface area (Å²) >= 11 is 1.69. The molecule has 0 fully saturated rings. The quantitative estimate of drug-likeness (QED) is 0.741. The minimum atomic E-state index is 0.338. The molecular weight excluding hydrogens is 208 g/mol. The van der Waals surface area contributed by atoms with Gasteiger partial charge < -0.3 is 5.73 Å². The number of hydrogen-bond donors (Lipinski definition) is 1. The molecule has 4 nitrogen and oxygen atoms in total. The smallest absolute Gasteiger partial charge is 0.220 e. The Morgan fingerprint density at radius 1 is 1.13 bits per heavy atom. The predicted octanol–water partition coefficient (Wildman–Crippen LogP) is 2.13. The molecule has 2 rings (SSSR count). The summed E-state index contributed by atoms with van der Waals surface area (Å²) in [5.74, 6) is 0.338. The first-order chi connectivity index (χ1) is 7.08. The van der Waals surface area contributed by atoms with Crippen LogP contribution in [-0.2, 0) is 0 Å². The highest BCUT2D eigenvalue weighted by Crippen LogP contribution is 2.04. The van der Waals surface area contributed by atoms with Gasteiger partial charge in [0, 0.05) is 23.0 Å². The van der Waals surface area contributed by atoms with Crippen molar-refractivity contribution in [1.29, 1.82) is 0 Å². The molecule has 0 saturated carbocycles. The molecule has 0 aliphatic heterocycles. The molecular formula is C10H14N4S. The van der Waals surface area contributed by atoms with Gasteiger partial charge in [0.05, 0.1) is 5.01 Å². The lowest BCUT2D eigenvalue weighted by Gasteiger charge is -1.89. The number of nitrogens with two attached hydrogens (primary N) is 1. The van der Waals surface area contributed by atoms with Gasteiger partial charge in [-0.1, -0.05) is 0 Å². The van der Waals surface area contributed by atoms with E-state index < -0.39 is 0 Å². The summed E-state index contributed by atoms with van der Waals surface area (Å²) in [4.78, 5) is 11.7. The van der Waals surface area contributed by atoms with E-state index in [1.54, 1.807) is 23.6 Å². The molecule has 0 unspecified atom stereocenters. The van der Waals surface area contributed by atoms with E-state index in [1.165, 1.54) is 0 Å². The van der Waals surface area contributed by atoms with E-state index in [0.717, 1.165) is 16.4 Å². The Bertz CT molecular complexity index is 391. The summed E-state index contributed by atoms with van der Waals surface area (Å²) in [5, 5.41) is 3.20. The van der Waals surface area contributed by atoms with Crippen LogP contribution in [0.2, 0.25) is 0 Å². The molecule has 0 spiro atoms. The molecule has 2 heterocycles. The second kappa shape index (κ2) is 5.41. The third kappa shape index (κ3) is 4.51. The van der Waals surface area contributed by atoms with Crippen LogP contribution >= 0.6 is 11.3 Å². The molecule has 80 valence electrons. The molecule has 0 atom stereocenters. The highest BCUT2D eigenvalue weighted by Gasteiger charge is 1.86. The lowest BCUT2D eigenvalue weighted by Crippen LogP contribution is -1.93. The van der Waals surface area contributed by atoms with E-state index in [2.05, 4.69) is 20.3 Å². The lowest BCUT2D eigenvalue weighted by atomic mass is 10.5. The molecule has 5 heteroatoms. The van der Waals surface area contributed by atoms with Crippen molar-refractivity contribution in [2.24, 2.45) is 0 Å². The second-order valence-electron chi connectivity index (χ2n) is 3.06. The first-order valence-corrected chi connectivity index (χ1v) is 5.40. The van der Waals surface area contributed by atoms with Gasteiger partial charge in [0.25, 0.3) is 0 Å². The maximum absolute atomic E-state index is 5.24. The Morgan fingerprint density at radius 3 is 2.13 bits per heavy atom. The maximum Gasteiger partial charge on any atom is 0.220 e. The van der Waals surface area contributed by atoms with Gasteiger partial charge in [0.2, 0.25) is 5.95 Å². The summed E-state index contributed by atoms with van der Waals surface area (Å²) in [6.07, 6.45) is 1.64. The SMILES string of the molecule is Cc1ccnc(N)n1.Cc1csc(C)n1. The van der Waals surface area contributed by atoms with Gasteiger partial charge >= 0.3 is 0 Å². The van der Waals surface area contributed by atoms with Crippen LogP contribution in [0, 0.1) is 20.8 Å². The molecule has 0 aliphatic carbocycles. The van der Waals surface area contributed by atoms with Crippen molar-refractivity contribution < 1.29 is 0 Å². The summed E-state index contributed by atoms with van der Waals surface area (Å²) < 4.78 is 0. The van der Waals surface area contributed by atoms with Crippen LogP contribution in [0.4, 0.5) is 5.95 Å². The van der Waals surface area contributed by atoms with E-state index in [-0.39, 0.29) is 0 Å². The lowest BCUT2D eigenvalue weighted by molar-refractivity contribution is 1.12. The Kier molecular flexibility index (Phi) is 4.17. The summed E-state index contributed by atoms with van der Waals surface area (Å²) in [5.41, 5.74) is 7.26. The summed E-state index contributed by atoms with van der Waals surface area (Å²) in [7, 11) is 0. The van der Waals surface area contributed by atoms with Gasteiger partial charge in [-0.15, -0.1) is 11.3 Å². The van der Waals surface area contributed by atoms with Gasteiger partial charge in [-0.2, -0.15) is 0 Å². The zero-order valence-electron chi connectivity index (χ0n) is 9.06. The van der Waals surface area contributed by atoms with Crippen LogP contribution < -0.4 is 5.73 Å². The number of aromatic nitrogens is 3. The highest BCUT2D eigenvalue weighted by molar-refractivity contribution is 7.09. The molecule has 0 radical (unpaired) electrons. The number of rotatable bonds is 0. The molecule has 0 aromatic carbocycles. The topological polar surface area (TPSA) is 64.7 Å². The van der Waals surface area contributed by atoms with Gasteiger partial charge in [-0.05, 0) is 26.8 Å². The van der Waals surface area contributed by atoms with Crippen LogP contribution in [0.25, 0.3) is 0 Å². The minimum absolute atomic E-state index is 0.338. The average Bonchev–Trinajstić information content (AvgIpc) is 2.50. The largest absolute Gasteiger partial charge is 0.368 e. The number of thiazole rings is 1. The Hall–Kier alpha value is -1.49. The molecule has 0 bridgehead atoms. The molecule has 2 aromatic rings. The Balaban J connectivity index is 0.000000151. The normalized spacial score (nSPS) is 9.27. The predicted molar refractivity (Wildman–Crippen MR) is 62.8 cm³/mol. The summed E-state index contributed by atoms with van der Waals surface area (Å²) in [6.45, 7) is 5.89. The van der Waals surface area contributed by atoms with Gasteiger partial charge in [-0.3, -0.25) is 0 Å². The number of hydrogen-bond acceptors (Lipinski definition) is 5. The molecule has 0 amide bonds. The van der Waals surface area contributed by atoms with E-state index in [0.29, 0.717) is 5.95 Å². The second-order valence-corrected chi connectivity index (χ2v) is 4.13. The Morgan fingerprint density at radius 2 is 1.87 bits per heavy atom. The standard InChI is InChI=1S/C5H7N3.C5H7NS/c1-4-2-3-7-5(6)8-4;1-4-3-7-5(2)6-4/h2-3H,1H3,(H2,6,7,8);3H,1-2H3. The average molecular weight is 222 g/mol. The first kappa shape index (κ1) is 11.6. The fourth-order valence-electron chi connectivity index (χ4n) is 0.940. The number of aryl methyl sites for hydroxylation is 3. The zero-order chi connectivity index (χ0) is 11.3. The third-order valence-corrected chi connectivity index (χ3v) is 2.44. The number of nitrogen functional groups attached to an aromatic ring is 1. The van der Waals surface area contributed by atoms with E-state index in [9.17, 15) is 0 Å². The van der Waals surface area contributed by atoms with Crippen molar-refractivity contribution in [1.82, 2.24) is 15.0 Å². The fraction of sp³-hybridized carbons (Fsp3) is 0.300. The van der Waals surface area contributed by atoms with Crippen LogP contribution in [0.15, 0.2) is 17.6 Å². The van der Waals surface area contributed by atoms with Crippen LogP contribution in [-0.4, -0.2) is 15.0 Å². The van der Waals surface area contributed by atoms with E-state index in [1.807, 2.05) is 20.8 Å². The minimum Gasteiger partial charge on any atom is -0.368 e. The molecule has 0 aliphatic rings. The van der Waals surface area contributed by atoms with Gasteiger partial charge in [0.1, 0.15) is 0 Å². The number of anilines is 1. The van der Waals surface area contributed by atoms with Crippen molar-refractivity contribution in [3.8, 4) is 0 Å². The highest BCUT2D eigenvalue weighted by atomic mass is 32.1. The van der Waals surface area contributed by atoms with Gasteiger partial charge in [-0.25, -0.2) is 15.0 Å². The van der Waals surface area contributed by atoms with Crippen molar-refractivity contribution in [2.75, 3.05) is 5.73 Å². The maximum atomic E-state index is 5.24. The van der Waals surface area contributed by atoms with E-state index in [4.69, 9.17) is 5.73 Å². The van der Waals surface area contributed by atoms with Crippen molar-refractivity contribution in [3.05, 3.63) is 34.0 Å². The van der Waals surface area contributed by atoms with Crippen LogP contribution in [0.3, 0.4) is 0 Å². The van der Waals surface area contributed by atoms with Crippen molar-refractivity contribution in [3.63, 3.8) is 0 Å². The first-order valence-electron chi connectivity index (χ1n) is 4.52. The number of nitrogens with zero attached hydrogens (tertiary/aromatic N) is 3. The van der Waals surface area contributed by atoms with E-state index >= 15 is 0 Å². The van der Waals surface area contributed by atoms with Crippen LogP contribution in [0.1, 0.15) is 16.4 Å². The third-order valence-electron chi connectivity index (χ3n) is 1.55. The molecule has 15 heavy (non-hydrogen) atoms. The van der Waals surface area contributed by atoms with Crippen LogP contribution in [0.5, 0.6) is 0 Å². The zero-order valence-corrected chi connectivity index (χ0v) is 9.88. The summed E-state index contributed by atoms with van der Waals surface area (Å²) in [6, 6.07) is 1.80. The fourth-order valence-corrected chi connectivity index (χ4v) is 1.53. The molecule has 0 saturated heterocycles.